The van der Waals surface area contributed by atoms with E-state index in [1.54, 1.807) is 24.5 Å². The number of hydrogen-bond donors (Lipinski definition) is 1. The Morgan fingerprint density at radius 3 is 2.35 bits per heavy atom. The fourth-order valence-electron chi connectivity index (χ4n) is 1.77. The van der Waals surface area contributed by atoms with E-state index >= 15 is 0 Å². The van der Waals surface area contributed by atoms with Crippen LogP contribution in [0.4, 0.5) is 0 Å². The van der Waals surface area contributed by atoms with Crippen molar-refractivity contribution < 1.29 is 14.6 Å². The van der Waals surface area contributed by atoms with Gasteiger partial charge in [-0.15, -0.1) is 0 Å². The Hall–Kier alpha value is -2.36. The zero-order valence-electron chi connectivity index (χ0n) is 11.8. The number of aryl methyl sites for hydroxylation is 1. The maximum Gasteiger partial charge on any atom is 0.347 e. The highest BCUT2D eigenvalue weighted by molar-refractivity contribution is 5.76. The van der Waals surface area contributed by atoms with Crippen molar-refractivity contribution in [2.24, 2.45) is 0 Å². The third-order valence-corrected chi connectivity index (χ3v) is 2.95. The van der Waals surface area contributed by atoms with E-state index in [-0.39, 0.29) is 0 Å². The first-order valence-electron chi connectivity index (χ1n) is 6.33. The molecule has 104 valence electrons. The van der Waals surface area contributed by atoms with Gasteiger partial charge in [-0.05, 0) is 50.1 Å². The second-order valence-corrected chi connectivity index (χ2v) is 5.19. The molecule has 1 heterocycles. The molecule has 0 saturated heterocycles. The molecule has 1 N–H and O–H groups in total. The first-order valence-corrected chi connectivity index (χ1v) is 6.33. The van der Waals surface area contributed by atoms with Gasteiger partial charge in [0.15, 0.2) is 5.60 Å². The van der Waals surface area contributed by atoms with Crippen molar-refractivity contribution in [2.75, 3.05) is 0 Å². The molecule has 2 aromatic rings. The smallest absolute Gasteiger partial charge is 0.347 e. The number of carbonyl (C=O) groups is 1. The van der Waals surface area contributed by atoms with Crippen molar-refractivity contribution in [1.82, 2.24) is 4.98 Å². The van der Waals surface area contributed by atoms with Gasteiger partial charge in [0.05, 0.1) is 0 Å². The molecule has 2 rings (SSSR count). The minimum Gasteiger partial charge on any atom is -0.478 e. The molecule has 4 heteroatoms. The van der Waals surface area contributed by atoms with Crippen LogP contribution in [0.1, 0.15) is 19.4 Å². The summed E-state index contributed by atoms with van der Waals surface area (Å²) < 4.78 is 5.46. The Labute approximate surface area is 118 Å². The lowest BCUT2D eigenvalue weighted by Crippen LogP contribution is -2.37. The van der Waals surface area contributed by atoms with Gasteiger partial charge in [-0.1, -0.05) is 12.1 Å². The summed E-state index contributed by atoms with van der Waals surface area (Å²) in [4.78, 5) is 15.2. The van der Waals surface area contributed by atoms with Crippen LogP contribution in [0.15, 0.2) is 42.7 Å². The van der Waals surface area contributed by atoms with Crippen LogP contribution in [-0.2, 0) is 4.79 Å². The van der Waals surface area contributed by atoms with Gasteiger partial charge in [0.25, 0.3) is 0 Å². The second-order valence-electron chi connectivity index (χ2n) is 5.19. The quantitative estimate of drug-likeness (QED) is 0.926. The summed E-state index contributed by atoms with van der Waals surface area (Å²) in [6, 6.07) is 9.36. The van der Waals surface area contributed by atoms with Crippen LogP contribution in [0, 0.1) is 6.92 Å². The number of aliphatic carboxylic acids is 1. The Morgan fingerprint density at radius 1 is 1.15 bits per heavy atom. The second kappa shape index (κ2) is 5.33. The average molecular weight is 271 g/mol. The first kappa shape index (κ1) is 14.1. The summed E-state index contributed by atoms with van der Waals surface area (Å²) in [7, 11) is 0. The highest BCUT2D eigenvalue weighted by Gasteiger charge is 2.29. The molecule has 0 bridgehead atoms. The Morgan fingerprint density at radius 2 is 1.80 bits per heavy atom. The molecular weight excluding hydrogens is 254 g/mol. The largest absolute Gasteiger partial charge is 0.478 e. The fraction of sp³-hybridized carbons (Fsp3) is 0.250. The number of nitrogens with zero attached hydrogens (tertiary/aromatic N) is 1. The molecule has 4 nitrogen and oxygen atoms in total. The number of hydrogen-bond acceptors (Lipinski definition) is 3. The van der Waals surface area contributed by atoms with Crippen LogP contribution in [-0.4, -0.2) is 21.7 Å². The van der Waals surface area contributed by atoms with Gasteiger partial charge in [0.2, 0.25) is 0 Å². The van der Waals surface area contributed by atoms with Gasteiger partial charge in [-0.3, -0.25) is 4.98 Å². The number of aromatic nitrogens is 1. The molecule has 0 radical (unpaired) electrons. The van der Waals surface area contributed by atoms with Crippen molar-refractivity contribution in [1.29, 1.82) is 0 Å². The predicted octanol–water partition coefficient (Wildman–Crippen LogP) is 3.30. The molecule has 0 aliphatic carbocycles. The summed E-state index contributed by atoms with van der Waals surface area (Å²) in [6.45, 7) is 5.03. The normalized spacial score (nSPS) is 11.2. The molecule has 0 atom stereocenters. The van der Waals surface area contributed by atoms with E-state index in [0.717, 1.165) is 16.7 Å². The predicted molar refractivity (Wildman–Crippen MR) is 76.8 cm³/mol. The molecule has 0 aliphatic rings. The van der Waals surface area contributed by atoms with Crippen LogP contribution in [0.25, 0.3) is 11.1 Å². The Balaban J connectivity index is 2.21. The summed E-state index contributed by atoms with van der Waals surface area (Å²) >= 11 is 0. The number of carboxylic acid groups (broad SMARTS) is 1. The van der Waals surface area contributed by atoms with E-state index in [1.807, 2.05) is 25.1 Å². The van der Waals surface area contributed by atoms with Crippen LogP contribution < -0.4 is 4.74 Å². The van der Waals surface area contributed by atoms with E-state index in [4.69, 9.17) is 9.84 Å². The van der Waals surface area contributed by atoms with Gasteiger partial charge in [0, 0.05) is 18.0 Å². The van der Waals surface area contributed by atoms with Crippen molar-refractivity contribution in [2.45, 2.75) is 26.4 Å². The average Bonchev–Trinajstić information content (AvgIpc) is 2.39. The number of benzene rings is 1. The minimum atomic E-state index is -1.24. The van der Waals surface area contributed by atoms with Gasteiger partial charge < -0.3 is 9.84 Å². The van der Waals surface area contributed by atoms with Crippen LogP contribution in [0.2, 0.25) is 0 Å². The highest BCUT2D eigenvalue weighted by Crippen LogP contribution is 2.24. The number of carboxylic acids is 1. The van der Waals surface area contributed by atoms with E-state index in [9.17, 15) is 4.79 Å². The summed E-state index contributed by atoms with van der Waals surface area (Å²) in [5.74, 6) is -0.466. The van der Waals surface area contributed by atoms with Gasteiger partial charge in [-0.2, -0.15) is 0 Å². The monoisotopic (exact) mass is 271 g/mol. The van der Waals surface area contributed by atoms with Crippen molar-refractivity contribution >= 4 is 5.97 Å². The molecule has 0 unspecified atom stereocenters. The molecule has 1 aromatic carbocycles. The maximum atomic E-state index is 11.0. The van der Waals surface area contributed by atoms with Crippen LogP contribution >= 0.6 is 0 Å². The van der Waals surface area contributed by atoms with Crippen LogP contribution in [0.5, 0.6) is 5.75 Å². The number of ether oxygens (including phenoxy) is 1. The Bertz CT molecular complexity index is 618. The lowest BCUT2D eigenvalue weighted by molar-refractivity contribution is -0.152. The number of pyridine rings is 1. The molecule has 20 heavy (non-hydrogen) atoms. The van der Waals surface area contributed by atoms with Crippen molar-refractivity contribution in [3.8, 4) is 16.9 Å². The van der Waals surface area contributed by atoms with Gasteiger partial charge >= 0.3 is 5.97 Å². The van der Waals surface area contributed by atoms with E-state index in [2.05, 4.69) is 4.98 Å². The third-order valence-electron chi connectivity index (χ3n) is 2.95. The van der Waals surface area contributed by atoms with Gasteiger partial charge in [-0.25, -0.2) is 4.79 Å². The molecule has 0 amide bonds. The molecule has 0 fully saturated rings. The third kappa shape index (κ3) is 3.15. The zero-order chi connectivity index (χ0) is 14.8. The van der Waals surface area contributed by atoms with Crippen LogP contribution in [0.3, 0.4) is 0 Å². The molecule has 0 saturated carbocycles. The van der Waals surface area contributed by atoms with Crippen molar-refractivity contribution in [3.63, 3.8) is 0 Å². The maximum absolute atomic E-state index is 11.0. The molecule has 1 aromatic heterocycles. The van der Waals surface area contributed by atoms with E-state index in [0.29, 0.717) is 5.75 Å². The lowest BCUT2D eigenvalue weighted by Gasteiger charge is -2.21. The van der Waals surface area contributed by atoms with E-state index in [1.165, 1.54) is 13.8 Å². The summed E-state index contributed by atoms with van der Waals surface area (Å²) in [5.41, 5.74) is 1.89. The first-order chi connectivity index (χ1) is 9.38. The highest BCUT2D eigenvalue weighted by atomic mass is 16.5. The zero-order valence-corrected chi connectivity index (χ0v) is 11.8. The minimum absolute atomic E-state index is 0.529. The summed E-state index contributed by atoms with van der Waals surface area (Å²) in [6.07, 6.45) is 3.60. The van der Waals surface area contributed by atoms with E-state index < -0.39 is 11.6 Å². The lowest BCUT2D eigenvalue weighted by atomic mass is 10.1. The molecular formula is C16H17NO3. The number of rotatable bonds is 4. The topological polar surface area (TPSA) is 59.4 Å². The Kier molecular flexibility index (Phi) is 3.74. The summed E-state index contributed by atoms with van der Waals surface area (Å²) in [5, 5.41) is 9.03. The molecule has 0 spiro atoms. The SMILES string of the molecule is Cc1cncc(-c2ccc(OC(C)(C)C(=O)O)cc2)c1. The standard InChI is InChI=1S/C16H17NO3/c1-11-8-13(10-17-9-11)12-4-6-14(7-5-12)20-16(2,3)15(18)19/h4-10H,1-3H3,(H,18,19). The van der Waals surface area contributed by atoms with Gasteiger partial charge in [0.1, 0.15) is 5.75 Å². The van der Waals surface area contributed by atoms with Crippen molar-refractivity contribution in [3.05, 3.63) is 48.3 Å². The molecule has 0 aliphatic heterocycles. The fourth-order valence-corrected chi connectivity index (χ4v) is 1.77.